The first-order chi connectivity index (χ1) is 14.7. The Labute approximate surface area is 179 Å². The van der Waals surface area contributed by atoms with E-state index >= 15 is 0 Å². The molecule has 0 aliphatic heterocycles. The number of carbonyl (C=O) groups excluding carboxylic acids is 1. The predicted molar refractivity (Wildman–Crippen MR) is 115 cm³/mol. The topological polar surface area (TPSA) is 111 Å². The van der Waals surface area contributed by atoms with Gasteiger partial charge < -0.3 is 20.2 Å². The van der Waals surface area contributed by atoms with Crippen molar-refractivity contribution < 1.29 is 27.1 Å². The highest BCUT2D eigenvalue weighted by Crippen LogP contribution is 2.33. The minimum absolute atomic E-state index is 0.183. The van der Waals surface area contributed by atoms with Gasteiger partial charge in [0, 0.05) is 30.0 Å². The number of carbonyl (C=O) groups is 1. The van der Waals surface area contributed by atoms with E-state index in [0.717, 1.165) is 6.26 Å². The number of benzene rings is 2. The number of halogens is 1. The van der Waals surface area contributed by atoms with E-state index in [2.05, 4.69) is 4.98 Å². The zero-order valence-corrected chi connectivity index (χ0v) is 17.9. The fourth-order valence-corrected chi connectivity index (χ4v) is 3.53. The summed E-state index contributed by atoms with van der Waals surface area (Å²) in [5, 5.41) is 0. The van der Waals surface area contributed by atoms with Crippen molar-refractivity contribution in [1.82, 2.24) is 4.98 Å². The Bertz CT molecular complexity index is 1170. The monoisotopic (exact) mass is 446 g/mol. The maximum Gasteiger partial charge on any atom is 0.265 e. The first kappa shape index (κ1) is 22.4. The molecular weight excluding hydrogens is 423 g/mol. The van der Waals surface area contributed by atoms with Crippen molar-refractivity contribution in [3.05, 3.63) is 60.3 Å². The van der Waals surface area contributed by atoms with Crippen molar-refractivity contribution in [2.75, 3.05) is 12.9 Å². The number of sulfone groups is 1. The Hall–Kier alpha value is -3.33. The fourth-order valence-electron chi connectivity index (χ4n) is 2.90. The van der Waals surface area contributed by atoms with Crippen LogP contribution in [-0.2, 0) is 9.84 Å². The molecule has 0 fully saturated rings. The maximum absolute atomic E-state index is 12.7. The van der Waals surface area contributed by atoms with Crippen LogP contribution in [0.1, 0.15) is 23.8 Å². The summed E-state index contributed by atoms with van der Waals surface area (Å²) in [7, 11) is -3.31. The molecule has 1 heterocycles. The van der Waals surface area contributed by atoms with Crippen LogP contribution >= 0.6 is 0 Å². The molecule has 1 atom stereocenters. The summed E-state index contributed by atoms with van der Waals surface area (Å²) in [5.41, 5.74) is 6.85. The molecule has 0 radical (unpaired) electrons. The van der Waals surface area contributed by atoms with Crippen LogP contribution < -0.4 is 15.2 Å². The van der Waals surface area contributed by atoms with Crippen molar-refractivity contribution in [2.45, 2.75) is 24.3 Å². The number of rotatable bonds is 9. The van der Waals surface area contributed by atoms with E-state index in [4.69, 9.17) is 15.2 Å². The van der Waals surface area contributed by atoms with Gasteiger partial charge in [-0.3, -0.25) is 9.18 Å². The third-order valence-corrected chi connectivity index (χ3v) is 5.61. The smallest absolute Gasteiger partial charge is 0.265 e. The summed E-state index contributed by atoms with van der Waals surface area (Å²) in [6.45, 7) is 1.26. The Morgan fingerprint density at radius 3 is 2.32 bits per heavy atom. The molecule has 3 rings (SSSR count). The molecule has 31 heavy (non-hydrogen) atoms. The molecule has 1 amide bonds. The molecule has 0 spiro atoms. The van der Waals surface area contributed by atoms with E-state index in [1.165, 1.54) is 12.1 Å². The summed E-state index contributed by atoms with van der Waals surface area (Å²) in [4.78, 5) is 14.5. The fraction of sp³-hybridized carbons (Fsp3) is 0.227. The van der Waals surface area contributed by atoms with Crippen LogP contribution in [0.2, 0.25) is 0 Å². The number of aromatic amines is 1. The number of nitrogens with two attached hydrogens (primary N) is 1. The number of alkyl halides is 1. The Morgan fingerprint density at radius 2 is 1.74 bits per heavy atom. The van der Waals surface area contributed by atoms with E-state index in [1.807, 2.05) is 0 Å². The van der Waals surface area contributed by atoms with Crippen LogP contribution in [0.25, 0.3) is 11.3 Å². The molecule has 0 bridgehead atoms. The molecule has 0 aliphatic rings. The number of hydrogen-bond acceptors (Lipinski definition) is 5. The molecule has 1 unspecified atom stereocenters. The first-order valence-corrected chi connectivity index (χ1v) is 11.4. The van der Waals surface area contributed by atoms with Crippen LogP contribution in [-0.4, -0.2) is 38.3 Å². The molecule has 3 aromatic rings. The quantitative estimate of drug-likeness (QED) is 0.514. The van der Waals surface area contributed by atoms with Crippen molar-refractivity contribution in [3.8, 4) is 28.5 Å². The number of primary amides is 1. The molecule has 7 nitrogen and oxygen atoms in total. The van der Waals surface area contributed by atoms with Crippen LogP contribution in [0.4, 0.5) is 4.39 Å². The highest BCUT2D eigenvalue weighted by molar-refractivity contribution is 7.90. The summed E-state index contributed by atoms with van der Waals surface area (Å²) >= 11 is 0. The summed E-state index contributed by atoms with van der Waals surface area (Å²) in [6, 6.07) is 14.4. The molecule has 164 valence electrons. The molecular formula is C22H23FN2O5S. The second-order valence-corrected chi connectivity index (χ2v) is 9.11. The van der Waals surface area contributed by atoms with Crippen LogP contribution in [0, 0.1) is 0 Å². The van der Waals surface area contributed by atoms with E-state index < -0.39 is 22.4 Å². The number of aromatic nitrogens is 1. The second kappa shape index (κ2) is 9.22. The molecule has 0 aliphatic carbocycles. The van der Waals surface area contributed by atoms with E-state index in [1.54, 1.807) is 49.4 Å². The molecule has 1 aromatic heterocycles. The van der Waals surface area contributed by atoms with Crippen LogP contribution in [0.5, 0.6) is 17.2 Å². The Balaban J connectivity index is 1.94. The number of amides is 1. The van der Waals surface area contributed by atoms with Gasteiger partial charge in [-0.1, -0.05) is 0 Å². The van der Waals surface area contributed by atoms with E-state index in [0.29, 0.717) is 28.5 Å². The third kappa shape index (κ3) is 5.85. The average molecular weight is 447 g/mol. The number of hydrogen-bond donors (Lipinski definition) is 2. The van der Waals surface area contributed by atoms with E-state index in [9.17, 15) is 17.6 Å². The van der Waals surface area contributed by atoms with Crippen molar-refractivity contribution in [1.29, 1.82) is 0 Å². The van der Waals surface area contributed by atoms with Gasteiger partial charge >= 0.3 is 0 Å². The average Bonchev–Trinajstić information content (AvgIpc) is 3.18. The van der Waals surface area contributed by atoms with Gasteiger partial charge in [0.15, 0.2) is 9.84 Å². The zero-order valence-electron chi connectivity index (χ0n) is 17.1. The highest BCUT2D eigenvalue weighted by Gasteiger charge is 2.13. The summed E-state index contributed by atoms with van der Waals surface area (Å²) in [6.07, 6.45) is 1.01. The lowest BCUT2D eigenvalue weighted by molar-refractivity contribution is 0.0996. The van der Waals surface area contributed by atoms with Gasteiger partial charge in [-0.2, -0.15) is 0 Å². The van der Waals surface area contributed by atoms with E-state index in [-0.39, 0.29) is 23.1 Å². The highest BCUT2D eigenvalue weighted by atomic mass is 32.2. The Morgan fingerprint density at radius 1 is 1.06 bits per heavy atom. The largest absolute Gasteiger partial charge is 0.490 e. The van der Waals surface area contributed by atoms with Crippen LogP contribution in [0.15, 0.2) is 59.5 Å². The van der Waals surface area contributed by atoms with Crippen molar-refractivity contribution in [3.63, 3.8) is 0 Å². The second-order valence-electron chi connectivity index (χ2n) is 7.09. The normalized spacial score (nSPS) is 12.4. The van der Waals surface area contributed by atoms with Crippen molar-refractivity contribution in [2.24, 2.45) is 5.73 Å². The first-order valence-electron chi connectivity index (χ1n) is 9.50. The maximum atomic E-state index is 12.7. The van der Waals surface area contributed by atoms with Gasteiger partial charge in [0.25, 0.3) is 5.91 Å². The van der Waals surface area contributed by atoms with Gasteiger partial charge in [0.1, 0.15) is 22.9 Å². The molecule has 0 saturated carbocycles. The lowest BCUT2D eigenvalue weighted by Gasteiger charge is -2.16. The van der Waals surface area contributed by atoms with Gasteiger partial charge in [-0.05, 0) is 55.5 Å². The predicted octanol–water partition coefficient (Wildman–Crippen LogP) is 4.10. The zero-order chi connectivity index (χ0) is 22.6. The standard InChI is InChI=1S/C22H23FN2O5S/c1-14(9-10-23)29-17-11-15(20-7-8-21(25-20)22(24)26)12-18(13-17)30-16-3-5-19(6-4-16)31(2,27)28/h3-8,11-14,25H,9-10H2,1-2H3,(H2,24,26). The van der Waals surface area contributed by atoms with Crippen molar-refractivity contribution >= 4 is 15.7 Å². The summed E-state index contributed by atoms with van der Waals surface area (Å²) < 4.78 is 47.6. The Kier molecular flexibility index (Phi) is 6.65. The summed E-state index contributed by atoms with van der Waals surface area (Å²) in [5.74, 6) is 0.716. The molecule has 2 aromatic carbocycles. The number of H-pyrrole nitrogens is 1. The lowest BCUT2D eigenvalue weighted by atomic mass is 10.1. The molecule has 0 saturated heterocycles. The minimum Gasteiger partial charge on any atom is -0.490 e. The van der Waals surface area contributed by atoms with Gasteiger partial charge in [0.05, 0.1) is 17.7 Å². The minimum atomic E-state index is -3.31. The van der Waals surface area contributed by atoms with Gasteiger partial charge in [0.2, 0.25) is 0 Å². The SMILES string of the molecule is CC(CCF)Oc1cc(Oc2ccc(S(C)(=O)=O)cc2)cc(-c2ccc(C(N)=O)[nH]2)c1. The van der Waals surface area contributed by atoms with Gasteiger partial charge in [-0.15, -0.1) is 0 Å². The van der Waals surface area contributed by atoms with Crippen LogP contribution in [0.3, 0.4) is 0 Å². The molecule has 3 N–H and O–H groups in total. The lowest BCUT2D eigenvalue weighted by Crippen LogP contribution is -2.12. The number of ether oxygens (including phenoxy) is 2. The molecule has 9 heteroatoms. The number of nitrogens with one attached hydrogen (secondary N) is 1. The van der Waals surface area contributed by atoms with Gasteiger partial charge in [-0.25, -0.2) is 8.42 Å². The third-order valence-electron chi connectivity index (χ3n) is 4.48.